The maximum absolute atomic E-state index is 14.5. The van der Waals surface area contributed by atoms with E-state index in [1.807, 2.05) is 37.3 Å². The molecule has 0 saturated heterocycles. The zero-order valence-corrected chi connectivity index (χ0v) is 19.0. The molecule has 2 aromatic carbocycles. The first-order valence-electron chi connectivity index (χ1n) is 11.5. The van der Waals surface area contributed by atoms with Gasteiger partial charge in [-0.05, 0) is 79.3 Å². The number of fused-ring (bicyclic) bond motifs is 3. The fourth-order valence-electron chi connectivity index (χ4n) is 5.01. The van der Waals surface area contributed by atoms with Crippen molar-refractivity contribution >= 4 is 5.97 Å². The van der Waals surface area contributed by atoms with Gasteiger partial charge in [-0.25, -0.2) is 9.37 Å². The summed E-state index contributed by atoms with van der Waals surface area (Å²) >= 11 is 0. The standard InChI is InChI=1S/C27H27FN2O4/c1-15-20(6-8-24(30-15)33-10-2-9-29)16-3-7-23(28)18(11-16)14-34-19-4-5-21-17(12-19)13-22-25(21)26(22)27(31)32/h3-8,11-12,22,25-26H,2,9-10,13-14,29H2,1H3,(H,31,32)/t22-,25+,26+/m1/s1. The monoisotopic (exact) mass is 462 g/mol. The molecule has 6 nitrogen and oxygen atoms in total. The molecule has 1 heterocycles. The molecule has 2 aliphatic rings. The molecule has 0 bridgehead atoms. The first kappa shape index (κ1) is 22.3. The van der Waals surface area contributed by atoms with Gasteiger partial charge in [0.2, 0.25) is 5.88 Å². The summed E-state index contributed by atoms with van der Waals surface area (Å²) in [6.45, 7) is 3.07. The molecule has 0 unspecified atom stereocenters. The number of carbonyl (C=O) groups is 1. The lowest BCUT2D eigenvalue weighted by molar-refractivity contribution is -0.139. The van der Waals surface area contributed by atoms with Crippen LogP contribution in [0.1, 0.15) is 34.7 Å². The molecule has 0 amide bonds. The molecule has 3 aromatic rings. The van der Waals surface area contributed by atoms with Crippen LogP contribution in [0.4, 0.5) is 4.39 Å². The SMILES string of the molecule is Cc1nc(OCCCN)ccc1-c1ccc(F)c(COc2ccc3c(c2)C[C@H]2[C@H](C(=O)O)[C@@H]32)c1. The van der Waals surface area contributed by atoms with Crippen molar-refractivity contribution < 1.29 is 23.8 Å². The van der Waals surface area contributed by atoms with Gasteiger partial charge in [-0.1, -0.05) is 12.1 Å². The number of aromatic nitrogens is 1. The van der Waals surface area contributed by atoms with E-state index in [0.29, 0.717) is 30.3 Å². The Morgan fingerprint density at radius 1 is 1.18 bits per heavy atom. The van der Waals surface area contributed by atoms with Crippen LogP contribution in [0.2, 0.25) is 0 Å². The molecule has 2 aliphatic carbocycles. The van der Waals surface area contributed by atoms with Gasteiger partial charge in [0.1, 0.15) is 18.2 Å². The minimum atomic E-state index is -0.712. The second kappa shape index (κ2) is 9.06. The van der Waals surface area contributed by atoms with E-state index in [-0.39, 0.29) is 30.2 Å². The number of benzene rings is 2. The van der Waals surface area contributed by atoms with E-state index in [9.17, 15) is 14.3 Å². The molecule has 5 rings (SSSR count). The number of carboxylic acid groups (broad SMARTS) is 1. The summed E-state index contributed by atoms with van der Waals surface area (Å²) in [5.41, 5.74) is 10.7. The van der Waals surface area contributed by atoms with E-state index >= 15 is 0 Å². The van der Waals surface area contributed by atoms with E-state index in [1.165, 1.54) is 6.07 Å². The van der Waals surface area contributed by atoms with E-state index in [4.69, 9.17) is 15.2 Å². The Hall–Kier alpha value is -3.45. The number of rotatable bonds is 9. The molecule has 1 fully saturated rings. The van der Waals surface area contributed by atoms with Crippen LogP contribution in [-0.4, -0.2) is 29.2 Å². The fourth-order valence-corrected chi connectivity index (χ4v) is 5.01. The molecule has 3 atom stereocenters. The number of aryl methyl sites for hydroxylation is 1. The number of nitrogens with zero attached hydrogens (tertiary/aromatic N) is 1. The Morgan fingerprint density at radius 3 is 2.79 bits per heavy atom. The quantitative estimate of drug-likeness (QED) is 0.456. The molecule has 0 aliphatic heterocycles. The number of pyridine rings is 1. The number of hydrogen-bond donors (Lipinski definition) is 2. The second-order valence-corrected chi connectivity index (χ2v) is 8.99. The van der Waals surface area contributed by atoms with Gasteiger partial charge in [-0.2, -0.15) is 0 Å². The predicted octanol–water partition coefficient (Wildman–Crippen LogP) is 4.47. The Kier molecular flexibility index (Phi) is 5.96. The molecule has 0 spiro atoms. The van der Waals surface area contributed by atoms with Gasteiger partial charge in [-0.15, -0.1) is 0 Å². The van der Waals surface area contributed by atoms with Crippen LogP contribution in [-0.2, 0) is 17.8 Å². The molecule has 7 heteroatoms. The van der Waals surface area contributed by atoms with Crippen LogP contribution < -0.4 is 15.2 Å². The lowest BCUT2D eigenvalue weighted by atomic mass is 10.0. The van der Waals surface area contributed by atoms with Crippen molar-refractivity contribution in [2.45, 2.75) is 32.3 Å². The lowest BCUT2D eigenvalue weighted by Gasteiger charge is -2.13. The highest BCUT2D eigenvalue weighted by atomic mass is 19.1. The van der Waals surface area contributed by atoms with Crippen molar-refractivity contribution in [2.24, 2.45) is 17.6 Å². The van der Waals surface area contributed by atoms with Gasteiger partial charge in [0.15, 0.2) is 0 Å². The lowest BCUT2D eigenvalue weighted by Crippen LogP contribution is -2.07. The second-order valence-electron chi connectivity index (χ2n) is 8.99. The Labute approximate surface area is 197 Å². The third kappa shape index (κ3) is 4.23. The van der Waals surface area contributed by atoms with E-state index in [0.717, 1.165) is 40.8 Å². The first-order valence-corrected chi connectivity index (χ1v) is 11.5. The number of ether oxygens (including phenoxy) is 2. The third-order valence-electron chi connectivity index (χ3n) is 6.79. The summed E-state index contributed by atoms with van der Waals surface area (Å²) in [5.74, 6) is 0.243. The molecule has 1 aromatic heterocycles. The third-order valence-corrected chi connectivity index (χ3v) is 6.79. The number of nitrogens with two attached hydrogens (primary N) is 1. The van der Waals surface area contributed by atoms with Crippen molar-refractivity contribution in [3.8, 4) is 22.8 Å². The molecule has 34 heavy (non-hydrogen) atoms. The van der Waals surface area contributed by atoms with Crippen LogP contribution >= 0.6 is 0 Å². The Bertz CT molecular complexity index is 1250. The van der Waals surface area contributed by atoms with Crippen molar-refractivity contribution in [3.63, 3.8) is 0 Å². The zero-order chi connectivity index (χ0) is 23.8. The normalized spacial score (nSPS) is 19.9. The highest BCUT2D eigenvalue weighted by molar-refractivity contribution is 5.78. The Balaban J connectivity index is 1.28. The van der Waals surface area contributed by atoms with Gasteiger partial charge in [0.25, 0.3) is 0 Å². The van der Waals surface area contributed by atoms with E-state index in [2.05, 4.69) is 4.98 Å². The van der Waals surface area contributed by atoms with Crippen molar-refractivity contribution in [1.29, 1.82) is 0 Å². The fraction of sp³-hybridized carbons (Fsp3) is 0.333. The first-order chi connectivity index (χ1) is 16.5. The summed E-state index contributed by atoms with van der Waals surface area (Å²) in [4.78, 5) is 15.8. The number of carboxylic acids is 1. The van der Waals surface area contributed by atoms with Crippen molar-refractivity contribution in [3.05, 3.63) is 76.7 Å². The van der Waals surface area contributed by atoms with Crippen LogP contribution in [0, 0.1) is 24.6 Å². The van der Waals surface area contributed by atoms with Crippen molar-refractivity contribution in [1.82, 2.24) is 4.98 Å². The summed E-state index contributed by atoms with van der Waals surface area (Å²) in [7, 11) is 0. The number of halogens is 1. The summed E-state index contributed by atoms with van der Waals surface area (Å²) in [6, 6.07) is 14.5. The molecule has 176 valence electrons. The summed E-state index contributed by atoms with van der Waals surface area (Å²) < 4.78 is 26.1. The van der Waals surface area contributed by atoms with Crippen LogP contribution in [0.3, 0.4) is 0 Å². The van der Waals surface area contributed by atoms with E-state index < -0.39 is 5.97 Å². The molecular formula is C27H27FN2O4. The molecule has 1 saturated carbocycles. The van der Waals surface area contributed by atoms with Gasteiger partial charge in [0.05, 0.1) is 12.5 Å². The summed E-state index contributed by atoms with van der Waals surface area (Å²) in [6.07, 6.45) is 1.52. The van der Waals surface area contributed by atoms with E-state index in [1.54, 1.807) is 12.1 Å². The van der Waals surface area contributed by atoms with Crippen LogP contribution in [0.25, 0.3) is 11.1 Å². The molecule has 3 N–H and O–H groups in total. The maximum Gasteiger partial charge on any atom is 0.307 e. The highest BCUT2D eigenvalue weighted by Gasteiger charge is 2.59. The van der Waals surface area contributed by atoms with Gasteiger partial charge in [0, 0.05) is 28.8 Å². The topological polar surface area (TPSA) is 94.7 Å². The average molecular weight is 463 g/mol. The average Bonchev–Trinajstić information content (AvgIpc) is 3.41. The van der Waals surface area contributed by atoms with Crippen LogP contribution in [0.15, 0.2) is 48.5 Å². The Morgan fingerprint density at radius 2 is 2.03 bits per heavy atom. The van der Waals surface area contributed by atoms with Gasteiger partial charge < -0.3 is 20.3 Å². The van der Waals surface area contributed by atoms with Gasteiger partial charge in [-0.3, -0.25) is 4.79 Å². The van der Waals surface area contributed by atoms with Crippen molar-refractivity contribution in [2.75, 3.05) is 13.2 Å². The van der Waals surface area contributed by atoms with Gasteiger partial charge >= 0.3 is 5.97 Å². The largest absolute Gasteiger partial charge is 0.489 e. The number of aliphatic carboxylic acids is 1. The number of hydrogen-bond acceptors (Lipinski definition) is 5. The summed E-state index contributed by atoms with van der Waals surface area (Å²) in [5, 5.41) is 9.28. The molecular weight excluding hydrogens is 435 g/mol. The minimum absolute atomic E-state index is 0.0931. The zero-order valence-electron chi connectivity index (χ0n) is 19.0. The minimum Gasteiger partial charge on any atom is -0.489 e. The highest BCUT2D eigenvalue weighted by Crippen LogP contribution is 2.61. The smallest absolute Gasteiger partial charge is 0.307 e. The predicted molar refractivity (Wildman–Crippen MR) is 125 cm³/mol. The molecule has 0 radical (unpaired) electrons. The maximum atomic E-state index is 14.5. The van der Waals surface area contributed by atoms with Crippen LogP contribution in [0.5, 0.6) is 11.6 Å².